The van der Waals surface area contributed by atoms with Gasteiger partial charge in [0.2, 0.25) is 0 Å². The third-order valence-corrected chi connectivity index (χ3v) is 4.28. The van der Waals surface area contributed by atoms with Gasteiger partial charge in [0, 0.05) is 10.9 Å². The second-order valence-corrected chi connectivity index (χ2v) is 6.48. The van der Waals surface area contributed by atoms with E-state index in [2.05, 4.69) is 11.9 Å². The molecule has 4 nitrogen and oxygen atoms in total. The highest BCUT2D eigenvalue weighted by Crippen LogP contribution is 2.27. The highest BCUT2D eigenvalue weighted by Gasteiger charge is 2.10. The fourth-order valence-corrected chi connectivity index (χ4v) is 2.92. The first-order chi connectivity index (χ1) is 9.99. The van der Waals surface area contributed by atoms with Crippen molar-refractivity contribution in [2.24, 2.45) is 5.73 Å². The van der Waals surface area contributed by atoms with Crippen LogP contribution in [-0.2, 0) is 13.0 Å². The van der Waals surface area contributed by atoms with Crippen LogP contribution in [0.3, 0.4) is 0 Å². The number of benzene rings is 1. The Hall–Kier alpha value is -1.59. The summed E-state index contributed by atoms with van der Waals surface area (Å²) < 4.78 is 11.2. The van der Waals surface area contributed by atoms with Crippen LogP contribution < -0.4 is 15.2 Å². The van der Waals surface area contributed by atoms with Gasteiger partial charge in [0.05, 0.1) is 12.8 Å². The summed E-state index contributed by atoms with van der Waals surface area (Å²) in [6.07, 6.45) is 0.752. The zero-order chi connectivity index (χ0) is 15.4. The maximum absolute atomic E-state index is 5.93. The van der Waals surface area contributed by atoms with Crippen LogP contribution in [0.15, 0.2) is 18.2 Å². The molecule has 0 saturated heterocycles. The zero-order valence-corrected chi connectivity index (χ0v) is 13.8. The fourth-order valence-electron chi connectivity index (χ4n) is 2.07. The Labute approximate surface area is 129 Å². The Balaban J connectivity index is 2.14. The molecule has 2 aromatic rings. The topological polar surface area (TPSA) is 57.4 Å². The van der Waals surface area contributed by atoms with Crippen LogP contribution in [0.25, 0.3) is 0 Å². The van der Waals surface area contributed by atoms with Crippen molar-refractivity contribution >= 4 is 11.3 Å². The number of aromatic nitrogens is 1. The van der Waals surface area contributed by atoms with Crippen LogP contribution >= 0.6 is 11.3 Å². The first kappa shape index (κ1) is 15.8. The van der Waals surface area contributed by atoms with Crippen molar-refractivity contribution < 1.29 is 9.47 Å². The van der Waals surface area contributed by atoms with Crippen molar-refractivity contribution in [1.82, 2.24) is 4.98 Å². The Kier molecular flexibility index (Phi) is 5.20. The van der Waals surface area contributed by atoms with Crippen molar-refractivity contribution in [2.45, 2.75) is 39.8 Å². The Morgan fingerprint density at radius 3 is 2.67 bits per heavy atom. The van der Waals surface area contributed by atoms with Crippen LogP contribution in [-0.4, -0.2) is 18.1 Å². The van der Waals surface area contributed by atoms with Crippen molar-refractivity contribution in [2.75, 3.05) is 7.11 Å². The van der Waals surface area contributed by atoms with Gasteiger partial charge in [0.1, 0.15) is 23.1 Å². The summed E-state index contributed by atoms with van der Waals surface area (Å²) in [5.74, 6) is 1.66. The number of hydrogen-bond acceptors (Lipinski definition) is 5. The summed E-state index contributed by atoms with van der Waals surface area (Å²) in [6.45, 7) is 6.56. The Morgan fingerprint density at radius 1 is 1.33 bits per heavy atom. The first-order valence-electron chi connectivity index (χ1n) is 6.97. The van der Waals surface area contributed by atoms with E-state index in [-0.39, 0.29) is 6.04 Å². The lowest BCUT2D eigenvalue weighted by molar-refractivity contribution is 0.300. The van der Waals surface area contributed by atoms with Gasteiger partial charge in [-0.25, -0.2) is 4.98 Å². The molecule has 2 N–H and O–H groups in total. The smallest absolute Gasteiger partial charge is 0.140 e. The van der Waals surface area contributed by atoms with E-state index < -0.39 is 0 Å². The van der Waals surface area contributed by atoms with Crippen molar-refractivity contribution in [3.05, 3.63) is 39.3 Å². The molecule has 1 heterocycles. The molecule has 1 aromatic heterocycles. The molecule has 2 rings (SSSR count). The van der Waals surface area contributed by atoms with Gasteiger partial charge >= 0.3 is 0 Å². The van der Waals surface area contributed by atoms with E-state index in [1.165, 1.54) is 4.88 Å². The Morgan fingerprint density at radius 2 is 2.10 bits per heavy atom. The molecule has 0 aliphatic heterocycles. The second-order valence-electron chi connectivity index (χ2n) is 5.19. The summed E-state index contributed by atoms with van der Waals surface area (Å²) in [7, 11) is 1.66. The normalized spacial score (nSPS) is 12.2. The van der Waals surface area contributed by atoms with Crippen molar-refractivity contribution in [1.29, 1.82) is 0 Å². The lowest BCUT2D eigenvalue weighted by atomic mass is 10.1. The average Bonchev–Trinajstić information content (AvgIpc) is 2.75. The molecular formula is C16H22N2O2S. The molecule has 0 amide bonds. The number of hydrogen-bond donors (Lipinski definition) is 1. The maximum atomic E-state index is 5.93. The Bertz CT molecular complexity index is 589. The SMILES string of the molecule is COc1ccc(OCc2nc(C)c(C)s2)c(CC(C)N)c1. The summed E-state index contributed by atoms with van der Waals surface area (Å²) >= 11 is 1.68. The van der Waals surface area contributed by atoms with E-state index in [0.717, 1.165) is 34.2 Å². The molecule has 114 valence electrons. The van der Waals surface area contributed by atoms with Gasteiger partial charge in [-0.3, -0.25) is 0 Å². The molecular weight excluding hydrogens is 284 g/mol. The van der Waals surface area contributed by atoms with E-state index in [9.17, 15) is 0 Å². The summed E-state index contributed by atoms with van der Waals surface area (Å²) in [6, 6.07) is 5.89. The maximum Gasteiger partial charge on any atom is 0.140 e. The minimum atomic E-state index is 0.0730. The third-order valence-electron chi connectivity index (χ3n) is 3.23. The number of rotatable bonds is 6. The number of nitrogens with zero attached hydrogens (tertiary/aromatic N) is 1. The van der Waals surface area contributed by atoms with Crippen LogP contribution in [0.2, 0.25) is 0 Å². The molecule has 0 spiro atoms. The molecule has 0 radical (unpaired) electrons. The van der Waals surface area contributed by atoms with Gasteiger partial charge < -0.3 is 15.2 Å². The van der Waals surface area contributed by atoms with E-state index in [4.69, 9.17) is 15.2 Å². The minimum Gasteiger partial charge on any atom is -0.497 e. The molecule has 21 heavy (non-hydrogen) atoms. The molecule has 0 saturated carbocycles. The lowest BCUT2D eigenvalue weighted by Crippen LogP contribution is -2.18. The quantitative estimate of drug-likeness (QED) is 0.890. The van der Waals surface area contributed by atoms with Gasteiger partial charge in [-0.05, 0) is 51.0 Å². The predicted octanol–water partition coefficient (Wildman–Crippen LogP) is 3.24. The second kappa shape index (κ2) is 6.91. The van der Waals surface area contributed by atoms with Crippen LogP contribution in [0.5, 0.6) is 11.5 Å². The fraction of sp³-hybridized carbons (Fsp3) is 0.438. The van der Waals surface area contributed by atoms with Crippen molar-refractivity contribution in [3.63, 3.8) is 0 Å². The minimum absolute atomic E-state index is 0.0730. The molecule has 1 atom stereocenters. The van der Waals surface area contributed by atoms with Crippen LogP contribution in [0.4, 0.5) is 0 Å². The highest BCUT2D eigenvalue weighted by molar-refractivity contribution is 7.11. The molecule has 0 bridgehead atoms. The van der Waals surface area contributed by atoms with Crippen molar-refractivity contribution in [3.8, 4) is 11.5 Å². The molecule has 1 aromatic carbocycles. The summed E-state index contributed by atoms with van der Waals surface area (Å²) in [4.78, 5) is 5.73. The highest BCUT2D eigenvalue weighted by atomic mass is 32.1. The monoisotopic (exact) mass is 306 g/mol. The molecule has 0 aliphatic rings. The number of ether oxygens (including phenoxy) is 2. The molecule has 5 heteroatoms. The van der Waals surface area contributed by atoms with Gasteiger partial charge in [-0.1, -0.05) is 0 Å². The van der Waals surface area contributed by atoms with E-state index in [1.807, 2.05) is 32.0 Å². The molecule has 0 fully saturated rings. The lowest BCUT2D eigenvalue weighted by Gasteiger charge is -2.13. The number of aryl methyl sites for hydroxylation is 2. The van der Waals surface area contributed by atoms with Gasteiger partial charge in [-0.15, -0.1) is 11.3 Å². The third kappa shape index (κ3) is 4.19. The molecule has 0 aliphatic carbocycles. The van der Waals surface area contributed by atoms with Gasteiger partial charge in [-0.2, -0.15) is 0 Å². The largest absolute Gasteiger partial charge is 0.497 e. The number of nitrogens with two attached hydrogens (primary N) is 1. The zero-order valence-electron chi connectivity index (χ0n) is 13.0. The van der Waals surface area contributed by atoms with Crippen LogP contribution in [0.1, 0.15) is 28.1 Å². The van der Waals surface area contributed by atoms with E-state index in [1.54, 1.807) is 18.4 Å². The number of thiazole rings is 1. The molecule has 1 unspecified atom stereocenters. The van der Waals surface area contributed by atoms with Gasteiger partial charge in [0.15, 0.2) is 0 Å². The van der Waals surface area contributed by atoms with Crippen LogP contribution in [0, 0.1) is 13.8 Å². The summed E-state index contributed by atoms with van der Waals surface area (Å²) in [5.41, 5.74) is 8.05. The summed E-state index contributed by atoms with van der Waals surface area (Å²) in [5, 5.41) is 0.993. The standard InChI is InChI=1S/C16H22N2O2S/c1-10(17)7-13-8-14(19-4)5-6-15(13)20-9-16-18-11(2)12(3)21-16/h5-6,8,10H,7,9,17H2,1-4H3. The van der Waals surface area contributed by atoms with Gasteiger partial charge in [0.25, 0.3) is 0 Å². The predicted molar refractivity (Wildman–Crippen MR) is 86.3 cm³/mol. The first-order valence-corrected chi connectivity index (χ1v) is 7.79. The van der Waals surface area contributed by atoms with E-state index in [0.29, 0.717) is 6.61 Å². The van der Waals surface area contributed by atoms with E-state index >= 15 is 0 Å². The number of methoxy groups -OCH3 is 1. The average molecular weight is 306 g/mol.